The molecule has 2 heteroatoms. The van der Waals surface area contributed by atoms with Crippen LogP contribution in [0.2, 0.25) is 0 Å². The van der Waals surface area contributed by atoms with Crippen molar-refractivity contribution in [3.8, 4) is 0 Å². The molecule has 0 amide bonds. The molecule has 0 aliphatic carbocycles. The fraction of sp³-hybridized carbons (Fsp3) is 0.250. The summed E-state index contributed by atoms with van der Waals surface area (Å²) in [5.41, 5.74) is 6.72. The topological polar surface area (TPSA) is 26.0 Å². The van der Waals surface area contributed by atoms with Gasteiger partial charge in [0.25, 0.3) is 0 Å². The largest absolute Gasteiger partial charge is 0.330 e. The molecule has 1 aromatic carbocycles. The zero-order chi connectivity index (χ0) is 7.40. The van der Waals surface area contributed by atoms with Crippen molar-refractivity contribution in [1.29, 1.82) is 0 Å². The lowest BCUT2D eigenvalue weighted by molar-refractivity contribution is 0.968. The molecule has 0 aliphatic heterocycles. The van der Waals surface area contributed by atoms with E-state index in [4.69, 9.17) is 5.73 Å². The van der Waals surface area contributed by atoms with E-state index < -0.39 is 0 Å². The SMILES string of the molecule is NCCc1ccc(I)cc1. The Kier molecular flexibility index (Phi) is 3.15. The van der Waals surface area contributed by atoms with E-state index in [-0.39, 0.29) is 0 Å². The van der Waals surface area contributed by atoms with Crippen LogP contribution in [0, 0.1) is 3.57 Å². The van der Waals surface area contributed by atoms with E-state index in [1.807, 2.05) is 0 Å². The Morgan fingerprint density at radius 2 is 1.80 bits per heavy atom. The molecule has 2 N–H and O–H groups in total. The molecule has 0 bridgehead atoms. The van der Waals surface area contributed by atoms with Gasteiger partial charge in [-0.3, -0.25) is 0 Å². The first-order valence-corrected chi connectivity index (χ1v) is 4.35. The molecule has 0 fully saturated rings. The minimum absolute atomic E-state index is 0.737. The van der Waals surface area contributed by atoms with Gasteiger partial charge in [0.1, 0.15) is 0 Å². The highest BCUT2D eigenvalue weighted by Gasteiger charge is 1.88. The van der Waals surface area contributed by atoms with Gasteiger partial charge >= 0.3 is 0 Å². The van der Waals surface area contributed by atoms with Crippen molar-refractivity contribution in [2.45, 2.75) is 6.42 Å². The van der Waals surface area contributed by atoms with Gasteiger partial charge in [0.15, 0.2) is 0 Å². The molecular weight excluding hydrogens is 237 g/mol. The molecule has 0 aliphatic rings. The summed E-state index contributed by atoms with van der Waals surface area (Å²) < 4.78 is 1.28. The van der Waals surface area contributed by atoms with E-state index in [1.54, 1.807) is 0 Å². The monoisotopic (exact) mass is 247 g/mol. The van der Waals surface area contributed by atoms with E-state index in [0.29, 0.717) is 0 Å². The second-order valence-corrected chi connectivity index (χ2v) is 3.41. The molecule has 0 saturated heterocycles. The quantitative estimate of drug-likeness (QED) is 0.792. The van der Waals surface area contributed by atoms with Crippen LogP contribution in [-0.4, -0.2) is 6.54 Å². The van der Waals surface area contributed by atoms with Crippen LogP contribution in [0.5, 0.6) is 0 Å². The van der Waals surface area contributed by atoms with Crippen molar-refractivity contribution in [3.05, 3.63) is 33.4 Å². The minimum Gasteiger partial charge on any atom is -0.330 e. The van der Waals surface area contributed by atoms with Gasteiger partial charge in [-0.05, 0) is 53.3 Å². The molecule has 0 radical (unpaired) electrons. The summed E-state index contributed by atoms with van der Waals surface area (Å²) in [7, 11) is 0. The smallest absolute Gasteiger partial charge is 0.0130 e. The van der Waals surface area contributed by atoms with E-state index in [2.05, 4.69) is 46.9 Å². The first kappa shape index (κ1) is 8.01. The van der Waals surface area contributed by atoms with Crippen molar-refractivity contribution in [2.75, 3.05) is 6.54 Å². The third kappa shape index (κ3) is 2.27. The second kappa shape index (κ2) is 3.93. The van der Waals surface area contributed by atoms with Gasteiger partial charge in [-0.1, -0.05) is 12.1 Å². The van der Waals surface area contributed by atoms with Crippen molar-refractivity contribution >= 4 is 22.6 Å². The number of rotatable bonds is 2. The van der Waals surface area contributed by atoms with Crippen molar-refractivity contribution < 1.29 is 0 Å². The molecule has 0 unspecified atom stereocenters. The molecule has 0 aromatic heterocycles. The molecule has 0 spiro atoms. The van der Waals surface area contributed by atoms with Crippen molar-refractivity contribution in [1.82, 2.24) is 0 Å². The molecule has 0 saturated carbocycles. The van der Waals surface area contributed by atoms with Crippen LogP contribution in [0.4, 0.5) is 0 Å². The maximum atomic E-state index is 5.40. The molecule has 1 rings (SSSR count). The van der Waals surface area contributed by atoms with Gasteiger partial charge in [0, 0.05) is 3.57 Å². The van der Waals surface area contributed by atoms with Gasteiger partial charge in [-0.15, -0.1) is 0 Å². The molecule has 54 valence electrons. The summed E-state index contributed by atoms with van der Waals surface area (Å²) in [5, 5.41) is 0. The summed E-state index contributed by atoms with van der Waals surface area (Å²) in [6, 6.07) is 8.44. The lowest BCUT2D eigenvalue weighted by Crippen LogP contribution is -2.02. The van der Waals surface area contributed by atoms with Crippen LogP contribution in [0.1, 0.15) is 5.56 Å². The number of benzene rings is 1. The Morgan fingerprint density at radius 1 is 1.20 bits per heavy atom. The summed E-state index contributed by atoms with van der Waals surface area (Å²) in [5.74, 6) is 0. The number of hydrogen-bond acceptors (Lipinski definition) is 1. The third-order valence-corrected chi connectivity index (χ3v) is 2.07. The fourth-order valence-corrected chi connectivity index (χ4v) is 1.18. The average Bonchev–Trinajstić information content (AvgIpc) is 1.95. The van der Waals surface area contributed by atoms with E-state index in [9.17, 15) is 0 Å². The third-order valence-electron chi connectivity index (χ3n) is 1.35. The number of hydrogen-bond donors (Lipinski definition) is 1. The first-order valence-electron chi connectivity index (χ1n) is 3.27. The average molecular weight is 247 g/mol. The number of halogens is 1. The van der Waals surface area contributed by atoms with Gasteiger partial charge in [-0.2, -0.15) is 0 Å². The molecule has 1 nitrogen and oxygen atoms in total. The summed E-state index contributed by atoms with van der Waals surface area (Å²) in [6.45, 7) is 0.737. The lowest BCUT2D eigenvalue weighted by atomic mass is 10.2. The van der Waals surface area contributed by atoms with Crippen LogP contribution >= 0.6 is 22.6 Å². The van der Waals surface area contributed by atoms with Gasteiger partial charge < -0.3 is 5.73 Å². The maximum Gasteiger partial charge on any atom is 0.0130 e. The Balaban J connectivity index is 2.69. The lowest BCUT2D eigenvalue weighted by Gasteiger charge is -1.96. The van der Waals surface area contributed by atoms with Crippen LogP contribution in [0.25, 0.3) is 0 Å². The second-order valence-electron chi connectivity index (χ2n) is 2.17. The van der Waals surface area contributed by atoms with Crippen LogP contribution < -0.4 is 5.73 Å². The van der Waals surface area contributed by atoms with E-state index in [0.717, 1.165) is 13.0 Å². The summed E-state index contributed by atoms with van der Waals surface area (Å²) in [6.07, 6.45) is 0.983. The van der Waals surface area contributed by atoms with Crippen LogP contribution in [0.3, 0.4) is 0 Å². The summed E-state index contributed by atoms with van der Waals surface area (Å²) in [4.78, 5) is 0. The molecule has 1 aromatic rings. The summed E-state index contributed by atoms with van der Waals surface area (Å²) >= 11 is 2.29. The zero-order valence-corrected chi connectivity index (χ0v) is 7.84. The van der Waals surface area contributed by atoms with E-state index in [1.165, 1.54) is 9.13 Å². The number of nitrogens with two attached hydrogens (primary N) is 1. The van der Waals surface area contributed by atoms with Gasteiger partial charge in [-0.25, -0.2) is 0 Å². The van der Waals surface area contributed by atoms with Gasteiger partial charge in [0.2, 0.25) is 0 Å². The zero-order valence-electron chi connectivity index (χ0n) is 5.68. The fourth-order valence-electron chi connectivity index (χ4n) is 0.818. The Bertz CT molecular complexity index is 193. The minimum atomic E-state index is 0.737. The highest BCUT2D eigenvalue weighted by Crippen LogP contribution is 2.06. The molecule has 10 heavy (non-hydrogen) atoms. The molecule has 0 heterocycles. The standard InChI is InChI=1S/C8H10IN/c9-8-3-1-7(2-4-8)5-6-10/h1-4H,5-6,10H2. The van der Waals surface area contributed by atoms with E-state index >= 15 is 0 Å². The normalized spacial score (nSPS) is 9.80. The predicted octanol–water partition coefficient (Wildman–Crippen LogP) is 1.79. The van der Waals surface area contributed by atoms with Crippen LogP contribution in [0.15, 0.2) is 24.3 Å². The highest BCUT2D eigenvalue weighted by atomic mass is 127. The van der Waals surface area contributed by atoms with Crippen molar-refractivity contribution in [2.24, 2.45) is 5.73 Å². The molecular formula is C8H10IN. The van der Waals surface area contributed by atoms with Crippen LogP contribution in [-0.2, 0) is 6.42 Å². The van der Waals surface area contributed by atoms with Crippen molar-refractivity contribution in [3.63, 3.8) is 0 Å². The Labute approximate surface area is 74.8 Å². The predicted molar refractivity (Wildman–Crippen MR) is 51.9 cm³/mol. The molecule has 0 atom stereocenters. The Hall–Kier alpha value is -0.0900. The maximum absolute atomic E-state index is 5.40. The first-order chi connectivity index (χ1) is 4.83. The highest BCUT2D eigenvalue weighted by molar-refractivity contribution is 14.1. The van der Waals surface area contributed by atoms with Gasteiger partial charge in [0.05, 0.1) is 0 Å². The Morgan fingerprint density at radius 3 is 2.30 bits per heavy atom.